The number of hydrogen-bond donors (Lipinski definition) is 1. The molecular formula is C19H22O4. The number of benzene rings is 2. The fraction of sp³-hybridized carbons (Fsp3) is 0.368. The van der Waals surface area contributed by atoms with Crippen LogP contribution in [0.1, 0.15) is 17.4 Å². The molecule has 3 rings (SSSR count). The number of ether oxygens (including phenoxy) is 3. The molecule has 4 heteroatoms. The first-order valence-corrected chi connectivity index (χ1v) is 7.91. The fourth-order valence-electron chi connectivity index (χ4n) is 2.65. The van der Waals surface area contributed by atoms with Gasteiger partial charge in [0, 0.05) is 11.5 Å². The molecule has 0 saturated carbocycles. The van der Waals surface area contributed by atoms with E-state index >= 15 is 0 Å². The van der Waals surface area contributed by atoms with Gasteiger partial charge >= 0.3 is 0 Å². The molecule has 0 aliphatic carbocycles. The molecule has 1 N–H and O–H groups in total. The van der Waals surface area contributed by atoms with Crippen LogP contribution in [0.2, 0.25) is 0 Å². The maximum absolute atomic E-state index is 9.60. The van der Waals surface area contributed by atoms with E-state index in [0.717, 1.165) is 11.1 Å². The molecular weight excluding hydrogens is 292 g/mol. The van der Waals surface area contributed by atoms with E-state index in [1.165, 1.54) is 0 Å². The molecule has 122 valence electrons. The summed E-state index contributed by atoms with van der Waals surface area (Å²) >= 11 is 0. The molecule has 0 radical (unpaired) electrons. The molecule has 0 spiro atoms. The molecule has 1 aliphatic heterocycles. The van der Waals surface area contributed by atoms with Gasteiger partial charge in [0.25, 0.3) is 0 Å². The largest absolute Gasteiger partial charge is 0.394 e. The second-order valence-corrected chi connectivity index (χ2v) is 5.69. The zero-order chi connectivity index (χ0) is 15.9. The lowest BCUT2D eigenvalue weighted by Gasteiger charge is -2.33. The van der Waals surface area contributed by atoms with Crippen molar-refractivity contribution in [3.05, 3.63) is 71.8 Å². The predicted octanol–water partition coefficient (Wildman–Crippen LogP) is 2.93. The molecule has 4 nitrogen and oxygen atoms in total. The molecule has 1 fully saturated rings. The van der Waals surface area contributed by atoms with Crippen LogP contribution >= 0.6 is 0 Å². The highest BCUT2D eigenvalue weighted by Crippen LogP contribution is 2.27. The van der Waals surface area contributed by atoms with Crippen LogP contribution in [0.15, 0.2) is 60.7 Å². The van der Waals surface area contributed by atoms with E-state index in [0.29, 0.717) is 19.8 Å². The zero-order valence-corrected chi connectivity index (χ0v) is 13.0. The Balaban J connectivity index is 1.51. The molecule has 1 aliphatic rings. The van der Waals surface area contributed by atoms with Crippen molar-refractivity contribution in [3.63, 3.8) is 0 Å². The quantitative estimate of drug-likeness (QED) is 0.890. The summed E-state index contributed by atoms with van der Waals surface area (Å²) in [6, 6.07) is 19.8. The maximum atomic E-state index is 9.60. The smallest absolute Gasteiger partial charge is 0.183 e. The SMILES string of the molecule is OCC(OCc1ccccc1)C1COC(c2ccccc2)OC1. The Morgan fingerprint density at radius 1 is 0.957 bits per heavy atom. The van der Waals surface area contributed by atoms with Gasteiger partial charge in [-0.3, -0.25) is 0 Å². The summed E-state index contributed by atoms with van der Waals surface area (Å²) in [6.45, 7) is 1.46. The van der Waals surface area contributed by atoms with Gasteiger partial charge in [0.05, 0.1) is 32.5 Å². The predicted molar refractivity (Wildman–Crippen MR) is 86.7 cm³/mol. The first-order chi connectivity index (χ1) is 11.4. The van der Waals surface area contributed by atoms with Gasteiger partial charge in [0.1, 0.15) is 0 Å². The molecule has 0 amide bonds. The third-order valence-corrected chi connectivity index (χ3v) is 4.01. The summed E-state index contributed by atoms with van der Waals surface area (Å²) in [5, 5.41) is 9.60. The highest BCUT2D eigenvalue weighted by Gasteiger charge is 2.29. The van der Waals surface area contributed by atoms with E-state index in [1.54, 1.807) is 0 Å². The van der Waals surface area contributed by atoms with Crippen LogP contribution in [0.25, 0.3) is 0 Å². The topological polar surface area (TPSA) is 47.9 Å². The highest BCUT2D eigenvalue weighted by molar-refractivity contribution is 5.16. The third-order valence-electron chi connectivity index (χ3n) is 4.01. The lowest BCUT2D eigenvalue weighted by atomic mass is 10.0. The minimum Gasteiger partial charge on any atom is -0.394 e. The summed E-state index contributed by atoms with van der Waals surface area (Å²) in [5.74, 6) is 0.0312. The van der Waals surface area contributed by atoms with Gasteiger partial charge in [0.15, 0.2) is 6.29 Å². The first-order valence-electron chi connectivity index (χ1n) is 7.91. The van der Waals surface area contributed by atoms with Crippen LogP contribution in [0.4, 0.5) is 0 Å². The minimum atomic E-state index is -0.332. The third kappa shape index (κ3) is 4.39. The molecule has 1 unspecified atom stereocenters. The lowest BCUT2D eigenvalue weighted by Crippen LogP contribution is -2.38. The zero-order valence-electron chi connectivity index (χ0n) is 13.0. The van der Waals surface area contributed by atoms with Crippen molar-refractivity contribution in [1.29, 1.82) is 0 Å². The minimum absolute atomic E-state index is 0.0312. The van der Waals surface area contributed by atoms with E-state index in [-0.39, 0.29) is 24.9 Å². The van der Waals surface area contributed by atoms with E-state index in [9.17, 15) is 5.11 Å². The van der Waals surface area contributed by atoms with Gasteiger partial charge in [-0.2, -0.15) is 0 Å². The second kappa shape index (κ2) is 8.22. The summed E-state index contributed by atoms with van der Waals surface area (Å²) < 4.78 is 17.4. The summed E-state index contributed by atoms with van der Waals surface area (Å²) in [5.41, 5.74) is 2.10. The van der Waals surface area contributed by atoms with Crippen molar-refractivity contribution in [2.24, 2.45) is 5.92 Å². The number of aliphatic hydroxyl groups is 1. The first kappa shape index (κ1) is 16.1. The lowest BCUT2D eigenvalue weighted by molar-refractivity contribution is -0.226. The number of hydrogen-bond acceptors (Lipinski definition) is 4. The molecule has 23 heavy (non-hydrogen) atoms. The molecule has 2 aromatic carbocycles. The summed E-state index contributed by atoms with van der Waals surface area (Å²) in [7, 11) is 0. The van der Waals surface area contributed by atoms with Crippen molar-refractivity contribution in [3.8, 4) is 0 Å². The molecule has 0 aromatic heterocycles. The van der Waals surface area contributed by atoms with Gasteiger partial charge < -0.3 is 19.3 Å². The van der Waals surface area contributed by atoms with Crippen molar-refractivity contribution < 1.29 is 19.3 Å². The van der Waals surface area contributed by atoms with Gasteiger partial charge in [-0.25, -0.2) is 0 Å². The summed E-state index contributed by atoms with van der Waals surface area (Å²) in [4.78, 5) is 0. The van der Waals surface area contributed by atoms with Crippen LogP contribution in [-0.4, -0.2) is 31.0 Å². The Kier molecular flexibility index (Phi) is 5.77. The molecule has 1 saturated heterocycles. The standard InChI is InChI=1S/C19H22O4/c20-11-18(21-12-15-7-3-1-4-8-15)17-13-22-19(23-14-17)16-9-5-2-6-10-16/h1-10,17-20H,11-14H2. The Labute approximate surface area is 136 Å². The highest BCUT2D eigenvalue weighted by atomic mass is 16.7. The van der Waals surface area contributed by atoms with Crippen molar-refractivity contribution >= 4 is 0 Å². The Morgan fingerprint density at radius 3 is 2.17 bits per heavy atom. The Hall–Kier alpha value is -1.72. The Bertz CT molecular complexity index is 564. The van der Waals surface area contributed by atoms with Gasteiger partial charge in [0.2, 0.25) is 0 Å². The average Bonchev–Trinajstić information content (AvgIpc) is 2.64. The van der Waals surface area contributed by atoms with E-state index < -0.39 is 0 Å². The van der Waals surface area contributed by atoms with Crippen molar-refractivity contribution in [2.45, 2.75) is 19.0 Å². The summed E-state index contributed by atoms with van der Waals surface area (Å²) in [6.07, 6.45) is -0.618. The van der Waals surface area contributed by atoms with Gasteiger partial charge in [-0.05, 0) is 5.56 Å². The second-order valence-electron chi connectivity index (χ2n) is 5.69. The van der Waals surface area contributed by atoms with Crippen molar-refractivity contribution in [1.82, 2.24) is 0 Å². The monoisotopic (exact) mass is 314 g/mol. The fourth-order valence-corrected chi connectivity index (χ4v) is 2.65. The van der Waals surface area contributed by atoms with Gasteiger partial charge in [-0.15, -0.1) is 0 Å². The van der Waals surface area contributed by atoms with Crippen LogP contribution in [0.3, 0.4) is 0 Å². The van der Waals surface area contributed by atoms with Crippen molar-refractivity contribution in [2.75, 3.05) is 19.8 Å². The molecule has 1 heterocycles. The molecule has 2 aromatic rings. The number of rotatable bonds is 6. The molecule has 1 atom stereocenters. The van der Waals surface area contributed by atoms with E-state index in [2.05, 4.69) is 0 Å². The maximum Gasteiger partial charge on any atom is 0.183 e. The van der Waals surface area contributed by atoms with Crippen LogP contribution < -0.4 is 0 Å². The molecule has 0 bridgehead atoms. The van der Waals surface area contributed by atoms with Crippen LogP contribution in [-0.2, 0) is 20.8 Å². The van der Waals surface area contributed by atoms with E-state index in [1.807, 2.05) is 60.7 Å². The van der Waals surface area contributed by atoms with Crippen LogP contribution in [0.5, 0.6) is 0 Å². The number of aliphatic hydroxyl groups excluding tert-OH is 1. The van der Waals surface area contributed by atoms with E-state index in [4.69, 9.17) is 14.2 Å². The van der Waals surface area contributed by atoms with Crippen LogP contribution in [0, 0.1) is 5.92 Å². The van der Waals surface area contributed by atoms with Gasteiger partial charge in [-0.1, -0.05) is 60.7 Å². The average molecular weight is 314 g/mol. The normalized spacial score (nSPS) is 22.7. The Morgan fingerprint density at radius 2 is 1.57 bits per heavy atom.